The Hall–Kier alpha value is -1.13. The van der Waals surface area contributed by atoms with Gasteiger partial charge in [0, 0.05) is 17.1 Å². The highest BCUT2D eigenvalue weighted by Gasteiger charge is 2.06. The average molecular weight is 243 g/mol. The number of halogens is 1. The van der Waals surface area contributed by atoms with Crippen LogP contribution in [0.2, 0.25) is 5.02 Å². The summed E-state index contributed by atoms with van der Waals surface area (Å²) in [6.45, 7) is 2.58. The molecule has 1 aromatic rings. The molecule has 15 heavy (non-hydrogen) atoms. The van der Waals surface area contributed by atoms with Crippen LogP contribution in [0.3, 0.4) is 0 Å². The van der Waals surface area contributed by atoms with Gasteiger partial charge < -0.3 is 5.32 Å². The summed E-state index contributed by atoms with van der Waals surface area (Å²) in [6, 6.07) is 6.69. The molecule has 0 radical (unpaired) electrons. The molecule has 0 atom stereocenters. The normalized spacial score (nSPS) is 9.47. The molecule has 2 N–H and O–H groups in total. The van der Waals surface area contributed by atoms with E-state index in [1.807, 2.05) is 6.92 Å². The van der Waals surface area contributed by atoms with Crippen LogP contribution < -0.4 is 10.6 Å². The van der Waals surface area contributed by atoms with Crippen molar-refractivity contribution in [2.24, 2.45) is 0 Å². The van der Waals surface area contributed by atoms with Gasteiger partial charge in [-0.15, -0.1) is 0 Å². The first-order valence-corrected chi connectivity index (χ1v) is 5.27. The highest BCUT2D eigenvalue weighted by molar-refractivity contribution is 7.80. The second-order valence-corrected chi connectivity index (χ2v) is 3.67. The van der Waals surface area contributed by atoms with E-state index < -0.39 is 0 Å². The third-order valence-corrected chi connectivity index (χ3v) is 2.13. The second kappa shape index (κ2) is 5.68. The molecule has 0 aromatic heterocycles. The summed E-state index contributed by atoms with van der Waals surface area (Å²) in [5.41, 5.74) is 0.489. The number of amides is 1. The molecule has 0 saturated carbocycles. The zero-order chi connectivity index (χ0) is 11.3. The van der Waals surface area contributed by atoms with Crippen molar-refractivity contribution in [2.75, 3.05) is 6.54 Å². The van der Waals surface area contributed by atoms with Crippen LogP contribution in [0.4, 0.5) is 0 Å². The van der Waals surface area contributed by atoms with Crippen molar-refractivity contribution in [3.63, 3.8) is 0 Å². The molecule has 0 aliphatic carbocycles. The predicted octanol–water partition coefficient (Wildman–Crippen LogP) is 1.96. The molecule has 0 aliphatic rings. The average Bonchev–Trinajstić information content (AvgIpc) is 2.18. The Kier molecular flexibility index (Phi) is 4.52. The molecule has 0 saturated heterocycles. The minimum absolute atomic E-state index is 0.261. The van der Waals surface area contributed by atoms with E-state index in [4.69, 9.17) is 23.8 Å². The van der Waals surface area contributed by atoms with E-state index in [0.29, 0.717) is 22.2 Å². The van der Waals surface area contributed by atoms with Crippen molar-refractivity contribution in [1.82, 2.24) is 10.6 Å². The summed E-state index contributed by atoms with van der Waals surface area (Å²) < 4.78 is 0. The fourth-order valence-electron chi connectivity index (χ4n) is 1.01. The van der Waals surface area contributed by atoms with E-state index in [0.717, 1.165) is 0 Å². The maximum atomic E-state index is 11.6. The highest BCUT2D eigenvalue weighted by atomic mass is 35.5. The van der Waals surface area contributed by atoms with Crippen molar-refractivity contribution in [3.8, 4) is 0 Å². The van der Waals surface area contributed by atoms with Crippen LogP contribution in [0.25, 0.3) is 0 Å². The molecule has 0 unspecified atom stereocenters. The smallest absolute Gasteiger partial charge is 0.257 e. The Labute approximate surface area is 98.8 Å². The van der Waals surface area contributed by atoms with Gasteiger partial charge >= 0.3 is 0 Å². The molecule has 3 nitrogen and oxygen atoms in total. The summed E-state index contributed by atoms with van der Waals surface area (Å²) in [6.07, 6.45) is 0. The van der Waals surface area contributed by atoms with Crippen molar-refractivity contribution >= 4 is 34.8 Å². The minimum Gasteiger partial charge on any atom is -0.363 e. The lowest BCUT2D eigenvalue weighted by atomic mass is 10.2. The van der Waals surface area contributed by atoms with Crippen LogP contribution in [-0.2, 0) is 0 Å². The van der Waals surface area contributed by atoms with Gasteiger partial charge in [-0.2, -0.15) is 0 Å². The summed E-state index contributed by atoms with van der Waals surface area (Å²) in [5.74, 6) is -0.261. The highest BCUT2D eigenvalue weighted by Crippen LogP contribution is 2.10. The number of hydrogen-bond acceptors (Lipinski definition) is 2. The Morgan fingerprint density at radius 1 is 1.53 bits per heavy atom. The molecule has 0 spiro atoms. The third-order valence-electron chi connectivity index (χ3n) is 1.65. The zero-order valence-electron chi connectivity index (χ0n) is 8.21. The lowest BCUT2D eigenvalue weighted by Gasteiger charge is -2.07. The molecule has 0 fully saturated rings. The second-order valence-electron chi connectivity index (χ2n) is 2.82. The first-order valence-electron chi connectivity index (χ1n) is 4.48. The maximum Gasteiger partial charge on any atom is 0.257 e. The van der Waals surface area contributed by atoms with E-state index in [9.17, 15) is 4.79 Å². The van der Waals surface area contributed by atoms with E-state index in [1.165, 1.54) is 0 Å². The van der Waals surface area contributed by atoms with Gasteiger partial charge in [0.15, 0.2) is 5.11 Å². The largest absolute Gasteiger partial charge is 0.363 e. The number of nitrogens with one attached hydrogen (secondary N) is 2. The van der Waals surface area contributed by atoms with Crippen molar-refractivity contribution in [3.05, 3.63) is 34.9 Å². The Morgan fingerprint density at radius 3 is 2.87 bits per heavy atom. The van der Waals surface area contributed by atoms with Crippen molar-refractivity contribution in [2.45, 2.75) is 6.92 Å². The fraction of sp³-hybridized carbons (Fsp3) is 0.200. The Balaban J connectivity index is 2.65. The van der Waals surface area contributed by atoms with Crippen LogP contribution >= 0.6 is 23.8 Å². The zero-order valence-corrected chi connectivity index (χ0v) is 9.78. The molecule has 0 heterocycles. The summed E-state index contributed by atoms with van der Waals surface area (Å²) in [7, 11) is 0. The number of hydrogen-bond donors (Lipinski definition) is 2. The Bertz CT molecular complexity index is 381. The molecular formula is C10H11ClN2OS. The number of rotatable bonds is 2. The summed E-state index contributed by atoms with van der Waals surface area (Å²) in [5, 5.41) is 6.22. The number of carbonyl (C=O) groups excluding carboxylic acids is 1. The van der Waals surface area contributed by atoms with Crippen LogP contribution in [0.15, 0.2) is 24.3 Å². The molecular weight excluding hydrogens is 232 g/mol. The molecule has 80 valence electrons. The number of carbonyl (C=O) groups is 1. The van der Waals surface area contributed by atoms with Gasteiger partial charge in [0.05, 0.1) is 0 Å². The first kappa shape index (κ1) is 11.9. The minimum atomic E-state index is -0.261. The quantitative estimate of drug-likeness (QED) is 0.779. The summed E-state index contributed by atoms with van der Waals surface area (Å²) >= 11 is 10.6. The van der Waals surface area contributed by atoms with Gasteiger partial charge in [0.25, 0.3) is 5.91 Å². The van der Waals surface area contributed by atoms with Crippen molar-refractivity contribution in [1.29, 1.82) is 0 Å². The summed E-state index contributed by atoms with van der Waals surface area (Å²) in [4.78, 5) is 11.6. The maximum absolute atomic E-state index is 11.6. The molecule has 1 amide bonds. The molecule has 0 aliphatic heterocycles. The van der Waals surface area contributed by atoms with Gasteiger partial charge in [-0.05, 0) is 37.3 Å². The SMILES string of the molecule is CCNC(=S)NC(=O)c1cccc(Cl)c1. The van der Waals surface area contributed by atoms with Gasteiger partial charge in [0.2, 0.25) is 0 Å². The molecule has 1 aromatic carbocycles. The van der Waals surface area contributed by atoms with Gasteiger partial charge in [-0.1, -0.05) is 17.7 Å². The fourth-order valence-corrected chi connectivity index (χ4v) is 1.44. The molecule has 5 heteroatoms. The van der Waals surface area contributed by atoms with Gasteiger partial charge in [-0.25, -0.2) is 0 Å². The van der Waals surface area contributed by atoms with Gasteiger partial charge in [0.1, 0.15) is 0 Å². The van der Waals surface area contributed by atoms with E-state index >= 15 is 0 Å². The topological polar surface area (TPSA) is 41.1 Å². The standard InChI is InChI=1S/C10H11ClN2OS/c1-2-12-10(15)13-9(14)7-4-3-5-8(11)6-7/h3-6H,2H2,1H3,(H2,12,13,14,15). The first-order chi connectivity index (χ1) is 7.13. The van der Waals surface area contributed by atoms with E-state index in [2.05, 4.69) is 10.6 Å². The van der Waals surface area contributed by atoms with Crippen LogP contribution in [0.5, 0.6) is 0 Å². The molecule has 0 bridgehead atoms. The van der Waals surface area contributed by atoms with Gasteiger partial charge in [-0.3, -0.25) is 10.1 Å². The lowest BCUT2D eigenvalue weighted by molar-refractivity contribution is 0.0977. The van der Waals surface area contributed by atoms with Crippen LogP contribution in [0, 0.1) is 0 Å². The van der Waals surface area contributed by atoms with E-state index in [-0.39, 0.29) is 5.91 Å². The van der Waals surface area contributed by atoms with E-state index in [1.54, 1.807) is 24.3 Å². The molecule has 1 rings (SSSR count). The predicted molar refractivity (Wildman–Crippen MR) is 65.2 cm³/mol. The van der Waals surface area contributed by atoms with Crippen LogP contribution in [-0.4, -0.2) is 17.6 Å². The third kappa shape index (κ3) is 3.85. The Morgan fingerprint density at radius 2 is 2.27 bits per heavy atom. The lowest BCUT2D eigenvalue weighted by Crippen LogP contribution is -2.38. The number of thiocarbonyl (C=S) groups is 1. The van der Waals surface area contributed by atoms with Crippen LogP contribution in [0.1, 0.15) is 17.3 Å². The number of benzene rings is 1. The monoisotopic (exact) mass is 242 g/mol. The van der Waals surface area contributed by atoms with Crippen molar-refractivity contribution < 1.29 is 4.79 Å².